The van der Waals surface area contributed by atoms with Crippen LogP contribution in [0.4, 0.5) is 4.79 Å². The lowest BCUT2D eigenvalue weighted by molar-refractivity contribution is -0.138. The molecule has 7 nitrogen and oxygen atoms in total. The lowest BCUT2D eigenvalue weighted by Crippen LogP contribution is -2.39. The smallest absolute Gasteiger partial charge is 0.407 e. The molecule has 0 saturated carbocycles. The van der Waals surface area contributed by atoms with Crippen molar-refractivity contribution in [2.24, 2.45) is 0 Å². The van der Waals surface area contributed by atoms with Crippen molar-refractivity contribution in [1.29, 1.82) is 0 Å². The van der Waals surface area contributed by atoms with Crippen molar-refractivity contribution in [1.82, 2.24) is 10.6 Å². The molecule has 0 saturated heterocycles. The van der Waals surface area contributed by atoms with Crippen molar-refractivity contribution in [3.05, 3.63) is 95.6 Å². The fraction of sp³-hybridized carbons (Fsp3) is 0.192. The van der Waals surface area contributed by atoms with E-state index in [4.69, 9.17) is 9.84 Å². The largest absolute Gasteiger partial charge is 0.480 e. The number of aliphatic carboxylic acids is 1. The van der Waals surface area contributed by atoms with Gasteiger partial charge in [-0.2, -0.15) is 0 Å². The molecule has 3 aromatic rings. The number of carbonyl (C=O) groups excluding carboxylic acids is 2. The van der Waals surface area contributed by atoms with E-state index in [2.05, 4.69) is 22.8 Å². The minimum absolute atomic E-state index is 0.0217. The molecule has 0 fully saturated rings. The summed E-state index contributed by atoms with van der Waals surface area (Å²) in [4.78, 5) is 35.8. The third-order valence-corrected chi connectivity index (χ3v) is 5.73. The highest BCUT2D eigenvalue weighted by Crippen LogP contribution is 2.44. The summed E-state index contributed by atoms with van der Waals surface area (Å²) >= 11 is 0. The molecule has 0 bridgehead atoms. The number of carboxylic acids is 1. The van der Waals surface area contributed by atoms with Gasteiger partial charge in [0, 0.05) is 12.5 Å². The van der Waals surface area contributed by atoms with E-state index in [-0.39, 0.29) is 19.1 Å². The summed E-state index contributed by atoms with van der Waals surface area (Å²) in [6, 6.07) is 25.0. The van der Waals surface area contributed by atoms with Crippen LogP contribution >= 0.6 is 0 Å². The monoisotopic (exact) mass is 444 g/mol. The minimum Gasteiger partial charge on any atom is -0.480 e. The molecule has 33 heavy (non-hydrogen) atoms. The van der Waals surface area contributed by atoms with Gasteiger partial charge in [0.2, 0.25) is 5.91 Å². The number of ether oxygens (including phenoxy) is 1. The second-order valence-corrected chi connectivity index (χ2v) is 7.78. The Labute approximate surface area is 191 Å². The molecule has 1 atom stereocenters. The van der Waals surface area contributed by atoms with Crippen LogP contribution < -0.4 is 10.6 Å². The molecule has 1 aliphatic carbocycles. The lowest BCUT2D eigenvalue weighted by atomic mass is 9.98. The van der Waals surface area contributed by atoms with E-state index < -0.39 is 30.4 Å². The van der Waals surface area contributed by atoms with Gasteiger partial charge in [-0.25, -0.2) is 4.79 Å². The Kier molecular flexibility index (Phi) is 6.69. The number of benzene rings is 3. The van der Waals surface area contributed by atoms with E-state index in [1.807, 2.05) is 42.5 Å². The zero-order valence-electron chi connectivity index (χ0n) is 17.9. The normalized spacial score (nSPS) is 12.8. The number of hydrogen-bond donors (Lipinski definition) is 3. The number of alkyl carbamates (subject to hydrolysis) is 1. The van der Waals surface area contributed by atoms with Crippen LogP contribution in [0.3, 0.4) is 0 Å². The molecule has 2 amide bonds. The van der Waals surface area contributed by atoms with E-state index in [1.54, 1.807) is 24.3 Å². The number of amides is 2. The van der Waals surface area contributed by atoms with Crippen LogP contribution in [0.1, 0.15) is 28.5 Å². The molecular formula is C26H24N2O5. The Bertz CT molecular complexity index is 1120. The molecule has 1 aliphatic rings. The van der Waals surface area contributed by atoms with E-state index in [1.165, 1.54) is 0 Å². The first kappa shape index (κ1) is 22.1. The zero-order chi connectivity index (χ0) is 23.2. The van der Waals surface area contributed by atoms with Crippen molar-refractivity contribution >= 4 is 18.0 Å². The average molecular weight is 444 g/mol. The van der Waals surface area contributed by atoms with Crippen molar-refractivity contribution in [2.45, 2.75) is 11.8 Å². The maximum atomic E-state index is 12.5. The number of fused-ring (bicyclic) bond motifs is 3. The molecule has 0 spiro atoms. The molecule has 0 aromatic heterocycles. The van der Waals surface area contributed by atoms with E-state index in [0.29, 0.717) is 5.56 Å². The van der Waals surface area contributed by atoms with Crippen LogP contribution in [0, 0.1) is 0 Å². The molecule has 0 heterocycles. The molecule has 0 radical (unpaired) electrons. The molecule has 7 heteroatoms. The summed E-state index contributed by atoms with van der Waals surface area (Å²) in [6.07, 6.45) is -0.635. The fourth-order valence-corrected chi connectivity index (χ4v) is 4.17. The van der Waals surface area contributed by atoms with Gasteiger partial charge in [0.05, 0.1) is 5.92 Å². The number of rotatable bonds is 8. The maximum Gasteiger partial charge on any atom is 0.407 e. The number of carbonyl (C=O) groups is 3. The van der Waals surface area contributed by atoms with Crippen LogP contribution in [-0.4, -0.2) is 42.8 Å². The average Bonchev–Trinajstić information content (AvgIpc) is 3.16. The Morgan fingerprint density at radius 1 is 0.818 bits per heavy atom. The zero-order valence-corrected chi connectivity index (χ0v) is 17.9. The molecule has 168 valence electrons. The Morgan fingerprint density at radius 2 is 1.39 bits per heavy atom. The summed E-state index contributed by atoms with van der Waals surface area (Å²) in [5, 5.41) is 13.9. The lowest BCUT2D eigenvalue weighted by Gasteiger charge is -2.18. The standard InChI is InChI=1S/C26H24N2O5/c29-24(30)15-27-25(31)22(17-8-2-1-3-9-17)14-28-26(32)33-16-23-20-12-6-4-10-18(20)19-11-5-7-13-21(19)23/h1-13,22-23H,14-16H2,(H,27,31)(H,28,32)(H,29,30). The van der Waals surface area contributed by atoms with Crippen LogP contribution in [-0.2, 0) is 14.3 Å². The van der Waals surface area contributed by atoms with Gasteiger partial charge >= 0.3 is 12.1 Å². The van der Waals surface area contributed by atoms with Gasteiger partial charge in [0.15, 0.2) is 0 Å². The van der Waals surface area contributed by atoms with Crippen LogP contribution in [0.25, 0.3) is 11.1 Å². The van der Waals surface area contributed by atoms with E-state index >= 15 is 0 Å². The van der Waals surface area contributed by atoms with Crippen molar-refractivity contribution < 1.29 is 24.2 Å². The Hall–Kier alpha value is -4.13. The second-order valence-electron chi connectivity index (χ2n) is 7.78. The highest BCUT2D eigenvalue weighted by atomic mass is 16.5. The van der Waals surface area contributed by atoms with Crippen molar-refractivity contribution in [3.63, 3.8) is 0 Å². The molecular weight excluding hydrogens is 420 g/mol. The van der Waals surface area contributed by atoms with Gasteiger partial charge in [-0.3, -0.25) is 9.59 Å². The van der Waals surface area contributed by atoms with Crippen molar-refractivity contribution in [2.75, 3.05) is 19.7 Å². The molecule has 3 N–H and O–H groups in total. The number of nitrogens with one attached hydrogen (secondary N) is 2. The molecule has 1 unspecified atom stereocenters. The van der Waals surface area contributed by atoms with Crippen LogP contribution in [0.2, 0.25) is 0 Å². The van der Waals surface area contributed by atoms with Gasteiger partial charge in [-0.1, -0.05) is 78.9 Å². The number of carboxylic acid groups (broad SMARTS) is 1. The summed E-state index contributed by atoms with van der Waals surface area (Å²) in [7, 11) is 0. The van der Waals surface area contributed by atoms with Crippen LogP contribution in [0.5, 0.6) is 0 Å². The Balaban J connectivity index is 1.40. The predicted molar refractivity (Wildman–Crippen MR) is 123 cm³/mol. The first-order chi connectivity index (χ1) is 16.0. The summed E-state index contributed by atoms with van der Waals surface area (Å²) in [5.74, 6) is -2.43. The number of hydrogen-bond acceptors (Lipinski definition) is 4. The summed E-state index contributed by atoms with van der Waals surface area (Å²) in [5.41, 5.74) is 5.17. The topological polar surface area (TPSA) is 105 Å². The highest BCUT2D eigenvalue weighted by molar-refractivity contribution is 5.87. The van der Waals surface area contributed by atoms with Crippen LogP contribution in [0.15, 0.2) is 78.9 Å². The quantitative estimate of drug-likeness (QED) is 0.493. The molecule has 4 rings (SSSR count). The van der Waals surface area contributed by atoms with Gasteiger partial charge in [-0.05, 0) is 27.8 Å². The summed E-state index contributed by atoms with van der Waals surface area (Å²) in [6.45, 7) is -0.347. The first-order valence-corrected chi connectivity index (χ1v) is 10.7. The predicted octanol–water partition coefficient (Wildman–Crippen LogP) is 3.51. The Morgan fingerprint density at radius 3 is 2.00 bits per heavy atom. The van der Waals surface area contributed by atoms with Crippen molar-refractivity contribution in [3.8, 4) is 11.1 Å². The molecule has 3 aromatic carbocycles. The SMILES string of the molecule is O=C(O)CNC(=O)C(CNC(=O)OCC1c2ccccc2-c2ccccc21)c1ccccc1. The minimum atomic E-state index is -1.14. The van der Waals surface area contributed by atoms with E-state index in [9.17, 15) is 14.4 Å². The van der Waals surface area contributed by atoms with Gasteiger partial charge in [0.1, 0.15) is 13.2 Å². The second kappa shape index (κ2) is 9.99. The molecule has 0 aliphatic heterocycles. The van der Waals surface area contributed by atoms with Gasteiger partial charge < -0.3 is 20.5 Å². The third kappa shape index (κ3) is 5.03. The van der Waals surface area contributed by atoms with Gasteiger partial charge in [-0.15, -0.1) is 0 Å². The maximum absolute atomic E-state index is 12.5. The highest BCUT2D eigenvalue weighted by Gasteiger charge is 2.29. The fourth-order valence-electron chi connectivity index (χ4n) is 4.17. The summed E-state index contributed by atoms with van der Waals surface area (Å²) < 4.78 is 5.53. The first-order valence-electron chi connectivity index (χ1n) is 10.7. The third-order valence-electron chi connectivity index (χ3n) is 5.73. The van der Waals surface area contributed by atoms with E-state index in [0.717, 1.165) is 22.3 Å². The van der Waals surface area contributed by atoms with Gasteiger partial charge in [0.25, 0.3) is 0 Å².